The van der Waals surface area contributed by atoms with Crippen LogP contribution in [0.3, 0.4) is 0 Å². The number of hydrogen-bond donors (Lipinski definition) is 1. The Balaban J connectivity index is 2.93. The Morgan fingerprint density at radius 3 is 2.53 bits per heavy atom. The molecular weight excluding hydrogens is 279 g/mol. The van der Waals surface area contributed by atoms with Crippen molar-refractivity contribution in [3.8, 4) is 5.75 Å². The molecule has 7 heteroatoms. The van der Waals surface area contributed by atoms with E-state index in [2.05, 4.69) is 12.2 Å². The Bertz CT molecular complexity index is 449. The average molecular weight is 293 g/mol. The van der Waals surface area contributed by atoms with Gasteiger partial charge in [0.15, 0.2) is 0 Å². The monoisotopic (exact) mass is 293 g/mol. The number of thiocarbonyl (C=S) groups is 1. The number of ether oxygens (including phenoxy) is 2. The highest BCUT2D eigenvalue weighted by Gasteiger charge is 2.34. The molecule has 0 aliphatic heterocycles. The Hall–Kier alpha value is -1.34. The number of hydrogen-bond acceptors (Lipinski definition) is 3. The van der Waals surface area contributed by atoms with Crippen LogP contribution < -0.4 is 10.5 Å². The summed E-state index contributed by atoms with van der Waals surface area (Å²) < 4.78 is 48.7. The molecule has 0 spiro atoms. The van der Waals surface area contributed by atoms with E-state index < -0.39 is 11.7 Å². The van der Waals surface area contributed by atoms with Crippen LogP contribution in [-0.4, -0.2) is 24.8 Å². The van der Waals surface area contributed by atoms with Gasteiger partial charge in [0.2, 0.25) is 0 Å². The lowest BCUT2D eigenvalue weighted by Crippen LogP contribution is -2.15. The van der Waals surface area contributed by atoms with Crippen molar-refractivity contribution in [1.82, 2.24) is 0 Å². The highest BCUT2D eigenvalue weighted by molar-refractivity contribution is 7.80. The summed E-state index contributed by atoms with van der Waals surface area (Å²) in [7, 11) is 0. The maximum absolute atomic E-state index is 12.9. The first kappa shape index (κ1) is 15.7. The van der Waals surface area contributed by atoms with Crippen LogP contribution in [0.2, 0.25) is 0 Å². The van der Waals surface area contributed by atoms with E-state index in [1.165, 1.54) is 12.1 Å². The molecule has 0 aromatic heterocycles. The number of alkyl halides is 3. The SMILES string of the molecule is CCOCCOc1ccc(C(N)=S)cc1C(F)(F)F. The second-order valence-corrected chi connectivity index (χ2v) is 4.06. The van der Waals surface area contributed by atoms with Gasteiger partial charge in [-0.1, -0.05) is 12.2 Å². The molecule has 106 valence electrons. The Kier molecular flexibility index (Phi) is 5.56. The van der Waals surface area contributed by atoms with Gasteiger partial charge in [-0.05, 0) is 25.1 Å². The normalized spacial score (nSPS) is 11.4. The number of halogens is 3. The summed E-state index contributed by atoms with van der Waals surface area (Å²) >= 11 is 4.66. The molecule has 1 aromatic rings. The zero-order chi connectivity index (χ0) is 14.5. The summed E-state index contributed by atoms with van der Waals surface area (Å²) in [5, 5.41) is 0. The van der Waals surface area contributed by atoms with Crippen LogP contribution in [0.5, 0.6) is 5.75 Å². The van der Waals surface area contributed by atoms with Crippen molar-refractivity contribution in [3.05, 3.63) is 29.3 Å². The van der Waals surface area contributed by atoms with Crippen molar-refractivity contribution in [3.63, 3.8) is 0 Å². The fraction of sp³-hybridized carbons (Fsp3) is 0.417. The third-order valence-electron chi connectivity index (χ3n) is 2.26. The van der Waals surface area contributed by atoms with Crippen molar-refractivity contribution in [2.45, 2.75) is 13.1 Å². The smallest absolute Gasteiger partial charge is 0.419 e. The molecule has 0 heterocycles. The van der Waals surface area contributed by atoms with Gasteiger partial charge in [-0.2, -0.15) is 13.2 Å². The van der Waals surface area contributed by atoms with Crippen LogP contribution in [0.1, 0.15) is 18.1 Å². The van der Waals surface area contributed by atoms with Crippen LogP contribution >= 0.6 is 12.2 Å². The van der Waals surface area contributed by atoms with Crippen LogP contribution in [-0.2, 0) is 10.9 Å². The van der Waals surface area contributed by atoms with Gasteiger partial charge in [0.25, 0.3) is 0 Å². The van der Waals surface area contributed by atoms with Crippen LogP contribution in [0.15, 0.2) is 18.2 Å². The maximum atomic E-state index is 12.9. The number of rotatable bonds is 6. The first-order chi connectivity index (χ1) is 8.86. The second-order valence-electron chi connectivity index (χ2n) is 3.62. The van der Waals surface area contributed by atoms with Crippen molar-refractivity contribution in [1.29, 1.82) is 0 Å². The Labute approximate surface area is 114 Å². The van der Waals surface area contributed by atoms with E-state index in [0.29, 0.717) is 6.61 Å². The fourth-order valence-corrected chi connectivity index (χ4v) is 1.51. The summed E-state index contributed by atoms with van der Waals surface area (Å²) in [6.07, 6.45) is -4.53. The van der Waals surface area contributed by atoms with Crippen molar-refractivity contribution < 1.29 is 22.6 Å². The predicted octanol–water partition coefficient (Wildman–Crippen LogP) is 2.75. The van der Waals surface area contributed by atoms with Gasteiger partial charge in [0, 0.05) is 12.2 Å². The maximum Gasteiger partial charge on any atom is 0.419 e. The van der Waals surface area contributed by atoms with Gasteiger partial charge >= 0.3 is 6.18 Å². The lowest BCUT2D eigenvalue weighted by Gasteiger charge is -2.15. The Morgan fingerprint density at radius 2 is 2.00 bits per heavy atom. The minimum absolute atomic E-state index is 0.0450. The van der Waals surface area contributed by atoms with Crippen molar-refractivity contribution in [2.24, 2.45) is 5.73 Å². The zero-order valence-electron chi connectivity index (χ0n) is 10.3. The van der Waals surface area contributed by atoms with Gasteiger partial charge in [-0.15, -0.1) is 0 Å². The quantitative estimate of drug-likeness (QED) is 0.647. The minimum Gasteiger partial charge on any atom is -0.491 e. The highest BCUT2D eigenvalue weighted by Crippen LogP contribution is 2.36. The highest BCUT2D eigenvalue weighted by atomic mass is 32.1. The molecule has 0 saturated carbocycles. The predicted molar refractivity (Wildman–Crippen MR) is 69.3 cm³/mol. The Morgan fingerprint density at radius 1 is 1.32 bits per heavy atom. The standard InChI is InChI=1S/C12H14F3NO2S/c1-2-17-5-6-18-10-4-3-8(11(16)19)7-9(10)12(13,14)15/h3-4,7H,2,5-6H2,1H3,(H2,16,19). The first-order valence-electron chi connectivity index (χ1n) is 5.58. The molecule has 2 N–H and O–H groups in total. The average Bonchev–Trinajstić information content (AvgIpc) is 2.33. The van der Waals surface area contributed by atoms with Crippen LogP contribution in [0, 0.1) is 0 Å². The van der Waals surface area contributed by atoms with E-state index in [4.69, 9.17) is 15.2 Å². The van der Waals surface area contributed by atoms with Gasteiger partial charge < -0.3 is 15.2 Å². The molecule has 0 amide bonds. The van der Waals surface area contributed by atoms with E-state index >= 15 is 0 Å². The summed E-state index contributed by atoms with van der Waals surface area (Å²) in [5.74, 6) is -0.257. The largest absolute Gasteiger partial charge is 0.491 e. The molecule has 0 atom stereocenters. The van der Waals surface area contributed by atoms with Crippen LogP contribution in [0.25, 0.3) is 0 Å². The van der Waals surface area contributed by atoms with Gasteiger partial charge in [-0.3, -0.25) is 0 Å². The topological polar surface area (TPSA) is 44.5 Å². The lowest BCUT2D eigenvalue weighted by atomic mass is 10.1. The zero-order valence-corrected chi connectivity index (χ0v) is 11.1. The molecule has 1 rings (SSSR count). The molecule has 0 aliphatic rings. The third kappa shape index (κ3) is 4.68. The van der Waals surface area contributed by atoms with Gasteiger partial charge in [-0.25, -0.2) is 0 Å². The van der Waals surface area contributed by atoms with E-state index in [9.17, 15) is 13.2 Å². The van der Waals surface area contributed by atoms with Crippen LogP contribution in [0.4, 0.5) is 13.2 Å². The summed E-state index contributed by atoms with van der Waals surface area (Å²) in [4.78, 5) is -0.0913. The summed E-state index contributed by atoms with van der Waals surface area (Å²) in [6.45, 7) is 2.54. The second kappa shape index (κ2) is 6.72. The first-order valence-corrected chi connectivity index (χ1v) is 5.98. The minimum atomic E-state index is -4.53. The molecule has 0 fully saturated rings. The fourth-order valence-electron chi connectivity index (χ4n) is 1.39. The molecule has 0 saturated heterocycles. The van der Waals surface area contributed by atoms with E-state index in [1.807, 2.05) is 0 Å². The molecule has 1 aromatic carbocycles. The van der Waals surface area contributed by atoms with Gasteiger partial charge in [0.1, 0.15) is 17.3 Å². The molecule has 0 bridgehead atoms. The summed E-state index contributed by atoms with van der Waals surface area (Å²) in [6, 6.07) is 3.50. The molecular formula is C12H14F3NO2S. The molecule has 0 unspecified atom stereocenters. The molecule has 3 nitrogen and oxygen atoms in total. The number of nitrogens with two attached hydrogens (primary N) is 1. The lowest BCUT2D eigenvalue weighted by molar-refractivity contribution is -0.139. The van der Waals surface area contributed by atoms with Crippen molar-refractivity contribution in [2.75, 3.05) is 19.8 Å². The third-order valence-corrected chi connectivity index (χ3v) is 2.49. The molecule has 0 radical (unpaired) electrons. The van der Waals surface area contributed by atoms with Gasteiger partial charge in [0.05, 0.1) is 12.2 Å². The van der Waals surface area contributed by atoms with E-state index in [-0.39, 0.29) is 29.5 Å². The summed E-state index contributed by atoms with van der Waals surface area (Å²) in [5.41, 5.74) is 4.58. The molecule has 0 aliphatic carbocycles. The van der Waals surface area contributed by atoms with Crippen molar-refractivity contribution >= 4 is 17.2 Å². The molecule has 19 heavy (non-hydrogen) atoms. The van der Waals surface area contributed by atoms with E-state index in [1.54, 1.807) is 6.92 Å². The number of benzene rings is 1. The van der Waals surface area contributed by atoms with E-state index in [0.717, 1.165) is 6.07 Å².